The van der Waals surface area contributed by atoms with E-state index in [9.17, 15) is 18.3 Å². The molecule has 0 aliphatic rings. The van der Waals surface area contributed by atoms with Gasteiger partial charge in [0.05, 0.1) is 10.6 Å². The lowest BCUT2D eigenvalue weighted by Crippen LogP contribution is -2.37. The lowest BCUT2D eigenvalue weighted by Gasteiger charge is -2.21. The molecule has 0 aliphatic heterocycles. The average Bonchev–Trinajstić information content (AvgIpc) is 2.72. The van der Waals surface area contributed by atoms with Gasteiger partial charge in [-0.2, -0.15) is 0 Å². The minimum Gasteiger partial charge on any atom is -0.480 e. The highest BCUT2D eigenvalue weighted by molar-refractivity contribution is 7.92. The quantitative estimate of drug-likeness (QED) is 0.584. The molecule has 9 heteroatoms. The molecule has 1 N–H and O–H groups in total. The Morgan fingerprint density at radius 1 is 1.07 bits per heavy atom. The molecule has 0 spiro atoms. The maximum Gasteiger partial charge on any atom is 0.324 e. The Morgan fingerprint density at radius 2 is 1.70 bits per heavy atom. The summed E-state index contributed by atoms with van der Waals surface area (Å²) in [6, 6.07) is 14.8. The third kappa shape index (κ3) is 4.77. The predicted octanol–water partition coefficient (Wildman–Crippen LogP) is 4.20. The van der Waals surface area contributed by atoms with Crippen LogP contribution in [0, 0.1) is 0 Å². The zero-order valence-electron chi connectivity index (χ0n) is 16.4. The second kappa shape index (κ2) is 8.81. The Balaban J connectivity index is 2.04. The van der Waals surface area contributed by atoms with E-state index in [2.05, 4.69) is 23.8 Å². The highest BCUT2D eigenvalue weighted by atomic mass is 35.5. The van der Waals surface area contributed by atoms with Crippen LogP contribution in [0.5, 0.6) is 0 Å². The molecule has 0 aliphatic carbocycles. The van der Waals surface area contributed by atoms with Crippen molar-refractivity contribution in [3.05, 3.63) is 71.4 Å². The number of hydrogen-bond donors (Lipinski definition) is 1. The number of carboxylic acid groups (broad SMARTS) is 1. The summed E-state index contributed by atoms with van der Waals surface area (Å²) >= 11 is 5.83. The first kappa shape index (κ1) is 21.7. The summed E-state index contributed by atoms with van der Waals surface area (Å²) in [4.78, 5) is 19.6. The number of rotatable bonds is 7. The van der Waals surface area contributed by atoms with Gasteiger partial charge in [-0.25, -0.2) is 22.7 Å². The first-order valence-corrected chi connectivity index (χ1v) is 10.9. The summed E-state index contributed by atoms with van der Waals surface area (Å²) in [5.41, 5.74) is 2.41. The van der Waals surface area contributed by atoms with Crippen molar-refractivity contribution in [3.63, 3.8) is 0 Å². The van der Waals surface area contributed by atoms with Gasteiger partial charge < -0.3 is 5.11 Å². The summed E-state index contributed by atoms with van der Waals surface area (Å²) in [6.07, 6.45) is 1.40. The van der Waals surface area contributed by atoms with Crippen molar-refractivity contribution >= 4 is 33.5 Å². The molecule has 3 aromatic rings. The van der Waals surface area contributed by atoms with Crippen molar-refractivity contribution in [3.8, 4) is 11.3 Å². The van der Waals surface area contributed by atoms with Crippen molar-refractivity contribution in [1.82, 2.24) is 9.97 Å². The van der Waals surface area contributed by atoms with E-state index in [-0.39, 0.29) is 10.8 Å². The van der Waals surface area contributed by atoms with Crippen LogP contribution in [-0.4, -0.2) is 36.0 Å². The Labute approximate surface area is 180 Å². The summed E-state index contributed by atoms with van der Waals surface area (Å²) in [6.45, 7) is 3.35. The molecule has 1 heterocycles. The molecular weight excluding hydrogens is 426 g/mol. The number of halogens is 1. The number of benzene rings is 2. The zero-order chi connectivity index (χ0) is 21.9. The summed E-state index contributed by atoms with van der Waals surface area (Å²) in [5.74, 6) is -1.18. The van der Waals surface area contributed by atoms with Crippen LogP contribution in [0.25, 0.3) is 11.3 Å². The van der Waals surface area contributed by atoms with Gasteiger partial charge in [-0.05, 0) is 41.8 Å². The van der Waals surface area contributed by atoms with Crippen molar-refractivity contribution in [2.75, 3.05) is 10.8 Å². The van der Waals surface area contributed by atoms with Crippen LogP contribution in [0.4, 0.5) is 5.95 Å². The van der Waals surface area contributed by atoms with Gasteiger partial charge >= 0.3 is 5.97 Å². The average molecular weight is 446 g/mol. The Kier molecular flexibility index (Phi) is 6.38. The van der Waals surface area contributed by atoms with Crippen LogP contribution in [0.2, 0.25) is 5.02 Å². The minimum atomic E-state index is -4.21. The monoisotopic (exact) mass is 445 g/mol. The molecule has 2 aromatic carbocycles. The second-order valence-corrected chi connectivity index (χ2v) is 9.18. The Hall–Kier alpha value is -2.97. The largest absolute Gasteiger partial charge is 0.480 e. The van der Waals surface area contributed by atoms with Crippen LogP contribution in [0.15, 0.2) is 65.7 Å². The molecule has 30 heavy (non-hydrogen) atoms. The molecule has 0 atom stereocenters. The van der Waals surface area contributed by atoms with Gasteiger partial charge in [-0.15, -0.1) is 0 Å². The van der Waals surface area contributed by atoms with Gasteiger partial charge in [-0.3, -0.25) is 4.79 Å². The Bertz CT molecular complexity index is 1150. The number of anilines is 1. The number of carboxylic acids is 1. The van der Waals surface area contributed by atoms with Crippen LogP contribution in [0.3, 0.4) is 0 Å². The molecule has 0 amide bonds. The van der Waals surface area contributed by atoms with E-state index in [1.807, 2.05) is 24.3 Å². The molecule has 1 aromatic heterocycles. The normalized spacial score (nSPS) is 11.5. The molecular formula is C21H20ClN3O4S. The van der Waals surface area contributed by atoms with Crippen molar-refractivity contribution in [2.45, 2.75) is 24.7 Å². The fourth-order valence-corrected chi connectivity index (χ4v) is 4.23. The van der Waals surface area contributed by atoms with E-state index < -0.39 is 22.5 Å². The molecule has 156 valence electrons. The molecule has 0 fully saturated rings. The Morgan fingerprint density at radius 3 is 2.27 bits per heavy atom. The van der Waals surface area contributed by atoms with Crippen LogP contribution >= 0.6 is 11.6 Å². The highest BCUT2D eigenvalue weighted by Crippen LogP contribution is 2.25. The molecule has 0 bridgehead atoms. The third-order valence-electron chi connectivity index (χ3n) is 4.42. The number of hydrogen-bond acceptors (Lipinski definition) is 5. The third-order valence-corrected chi connectivity index (χ3v) is 6.41. The maximum atomic E-state index is 13.1. The lowest BCUT2D eigenvalue weighted by atomic mass is 10.0. The molecule has 0 saturated heterocycles. The summed E-state index contributed by atoms with van der Waals surface area (Å²) < 4.78 is 26.8. The molecule has 0 saturated carbocycles. The topological polar surface area (TPSA) is 100 Å². The van der Waals surface area contributed by atoms with E-state index >= 15 is 0 Å². The van der Waals surface area contributed by atoms with E-state index in [1.165, 1.54) is 30.5 Å². The van der Waals surface area contributed by atoms with Crippen molar-refractivity contribution in [2.24, 2.45) is 0 Å². The standard InChI is InChI=1S/C21H20ClN3O4S/c1-14(2)15-3-5-16(6-4-15)19-11-12-23-21(24-19)25(13-20(26)27)30(28,29)18-9-7-17(22)8-10-18/h3-12,14H,13H2,1-2H3,(H,26,27). The molecule has 7 nitrogen and oxygen atoms in total. The molecule has 0 radical (unpaired) electrons. The van der Waals surface area contributed by atoms with Crippen molar-refractivity contribution < 1.29 is 18.3 Å². The van der Waals surface area contributed by atoms with Crippen LogP contribution in [0.1, 0.15) is 25.3 Å². The van der Waals surface area contributed by atoms with Gasteiger partial charge in [0, 0.05) is 16.8 Å². The number of aliphatic carboxylic acids is 1. The fraction of sp³-hybridized carbons (Fsp3) is 0.190. The summed E-state index contributed by atoms with van der Waals surface area (Å²) in [5, 5.41) is 9.65. The van der Waals surface area contributed by atoms with E-state index in [0.29, 0.717) is 20.9 Å². The SMILES string of the molecule is CC(C)c1ccc(-c2ccnc(N(CC(=O)O)S(=O)(=O)c3ccc(Cl)cc3)n2)cc1. The van der Waals surface area contributed by atoms with Gasteiger partial charge in [0.2, 0.25) is 5.95 Å². The number of nitrogens with zero attached hydrogens (tertiary/aromatic N) is 3. The van der Waals surface area contributed by atoms with E-state index in [1.54, 1.807) is 6.07 Å². The fourth-order valence-electron chi connectivity index (χ4n) is 2.79. The minimum absolute atomic E-state index is 0.108. The predicted molar refractivity (Wildman–Crippen MR) is 115 cm³/mol. The molecule has 3 rings (SSSR count). The summed E-state index contributed by atoms with van der Waals surface area (Å²) in [7, 11) is -4.21. The van der Waals surface area contributed by atoms with E-state index in [0.717, 1.165) is 11.1 Å². The highest BCUT2D eigenvalue weighted by Gasteiger charge is 2.29. The zero-order valence-corrected chi connectivity index (χ0v) is 17.9. The van der Waals surface area contributed by atoms with Gasteiger partial charge in [0.15, 0.2) is 0 Å². The number of carbonyl (C=O) groups is 1. The first-order chi connectivity index (χ1) is 14.2. The van der Waals surface area contributed by atoms with Crippen LogP contribution in [-0.2, 0) is 14.8 Å². The second-order valence-electron chi connectivity index (χ2n) is 6.88. The van der Waals surface area contributed by atoms with Crippen LogP contribution < -0.4 is 4.31 Å². The number of sulfonamides is 1. The van der Waals surface area contributed by atoms with Gasteiger partial charge in [0.25, 0.3) is 10.0 Å². The smallest absolute Gasteiger partial charge is 0.324 e. The maximum absolute atomic E-state index is 13.1. The molecule has 0 unspecified atom stereocenters. The van der Waals surface area contributed by atoms with Gasteiger partial charge in [-0.1, -0.05) is 49.7 Å². The number of aromatic nitrogens is 2. The lowest BCUT2D eigenvalue weighted by molar-refractivity contribution is -0.135. The van der Waals surface area contributed by atoms with Gasteiger partial charge in [0.1, 0.15) is 6.54 Å². The van der Waals surface area contributed by atoms with Crippen molar-refractivity contribution in [1.29, 1.82) is 0 Å². The van der Waals surface area contributed by atoms with E-state index in [4.69, 9.17) is 11.6 Å². The first-order valence-electron chi connectivity index (χ1n) is 9.12.